The van der Waals surface area contributed by atoms with Crippen LogP contribution >= 0.6 is 0 Å². The number of anilines is 2. The predicted octanol–water partition coefficient (Wildman–Crippen LogP) is 3.67. The maximum Gasteiger partial charge on any atom is 0.244 e. The molecule has 1 aliphatic rings. The first-order chi connectivity index (χ1) is 12.3. The topological polar surface area (TPSA) is 72.0 Å². The summed E-state index contributed by atoms with van der Waals surface area (Å²) in [5.74, 6) is 2.26. The van der Waals surface area contributed by atoms with Gasteiger partial charge in [-0.1, -0.05) is 37.8 Å². The van der Waals surface area contributed by atoms with Crippen LogP contribution in [0.2, 0.25) is 0 Å². The minimum Gasteiger partial charge on any atom is -0.497 e. The average molecular weight is 341 g/mol. The van der Waals surface area contributed by atoms with Gasteiger partial charge in [0.25, 0.3) is 0 Å². The van der Waals surface area contributed by atoms with Crippen molar-refractivity contribution in [3.05, 3.63) is 36.0 Å². The first-order valence-corrected chi connectivity index (χ1v) is 9.16. The summed E-state index contributed by atoms with van der Waals surface area (Å²) in [6.07, 6.45) is 10.3. The molecule has 25 heavy (non-hydrogen) atoms. The lowest BCUT2D eigenvalue weighted by molar-refractivity contribution is 0.414. The summed E-state index contributed by atoms with van der Waals surface area (Å²) in [5, 5.41) is 14.9. The lowest BCUT2D eigenvalue weighted by Gasteiger charge is -2.16. The van der Waals surface area contributed by atoms with Gasteiger partial charge in [0.05, 0.1) is 13.3 Å². The first kappa shape index (κ1) is 17.5. The predicted molar refractivity (Wildman–Crippen MR) is 100 cm³/mol. The van der Waals surface area contributed by atoms with Gasteiger partial charge in [0.1, 0.15) is 5.75 Å². The maximum absolute atomic E-state index is 5.25. The fourth-order valence-corrected chi connectivity index (χ4v) is 3.23. The molecule has 0 aliphatic heterocycles. The Labute approximate surface area is 149 Å². The van der Waals surface area contributed by atoms with Crippen LogP contribution in [0.3, 0.4) is 0 Å². The Hall–Kier alpha value is -2.37. The van der Waals surface area contributed by atoms with Crippen LogP contribution in [0, 0.1) is 0 Å². The second-order valence-electron chi connectivity index (χ2n) is 6.53. The number of nitrogens with one attached hydrogen (secondary N) is 2. The molecule has 0 amide bonds. The lowest BCUT2D eigenvalue weighted by Crippen LogP contribution is -2.20. The standard InChI is InChI=1S/C19H27N5O/c1-25-17-10-6-7-15(13-17)11-12-20-19-23-18(14-21-24-19)22-16-8-4-2-3-5-9-16/h6-7,10,13-14,16H,2-5,8-9,11-12H2,1H3,(H2,20,22,23,24). The van der Waals surface area contributed by atoms with Crippen LogP contribution in [0.25, 0.3) is 0 Å². The fraction of sp³-hybridized carbons (Fsp3) is 0.526. The van der Waals surface area contributed by atoms with Crippen molar-refractivity contribution in [1.82, 2.24) is 15.2 Å². The van der Waals surface area contributed by atoms with Gasteiger partial charge in [0.15, 0.2) is 5.82 Å². The number of hydrogen-bond acceptors (Lipinski definition) is 6. The summed E-state index contributed by atoms with van der Waals surface area (Å²) in [6, 6.07) is 8.60. The molecule has 1 aliphatic carbocycles. The van der Waals surface area contributed by atoms with Gasteiger partial charge in [-0.3, -0.25) is 0 Å². The Morgan fingerprint density at radius 1 is 1.16 bits per heavy atom. The van der Waals surface area contributed by atoms with E-state index in [1.165, 1.54) is 44.1 Å². The third-order valence-electron chi connectivity index (χ3n) is 4.60. The number of benzene rings is 1. The van der Waals surface area contributed by atoms with Crippen LogP contribution in [0.4, 0.5) is 11.8 Å². The Kier molecular flexibility index (Phi) is 6.42. The molecule has 1 heterocycles. The molecule has 1 fully saturated rings. The van der Waals surface area contributed by atoms with E-state index in [2.05, 4.69) is 31.9 Å². The van der Waals surface area contributed by atoms with Crippen molar-refractivity contribution >= 4 is 11.8 Å². The highest BCUT2D eigenvalue weighted by atomic mass is 16.5. The number of rotatable bonds is 7. The zero-order valence-corrected chi connectivity index (χ0v) is 14.9. The number of methoxy groups -OCH3 is 1. The zero-order chi connectivity index (χ0) is 17.3. The van der Waals surface area contributed by atoms with Gasteiger partial charge in [-0.05, 0) is 37.0 Å². The van der Waals surface area contributed by atoms with Gasteiger partial charge in [-0.25, -0.2) is 0 Å². The molecule has 2 aromatic rings. The Morgan fingerprint density at radius 3 is 2.80 bits per heavy atom. The van der Waals surface area contributed by atoms with Gasteiger partial charge in [-0.2, -0.15) is 10.1 Å². The van der Waals surface area contributed by atoms with Crippen molar-refractivity contribution in [2.24, 2.45) is 0 Å². The molecule has 3 rings (SSSR count). The molecule has 0 radical (unpaired) electrons. The van der Waals surface area contributed by atoms with E-state index in [1.807, 2.05) is 18.2 Å². The van der Waals surface area contributed by atoms with Crippen molar-refractivity contribution in [2.75, 3.05) is 24.3 Å². The fourth-order valence-electron chi connectivity index (χ4n) is 3.23. The van der Waals surface area contributed by atoms with Gasteiger partial charge < -0.3 is 15.4 Å². The highest BCUT2D eigenvalue weighted by Gasteiger charge is 2.13. The highest BCUT2D eigenvalue weighted by molar-refractivity contribution is 5.38. The second-order valence-corrected chi connectivity index (χ2v) is 6.53. The molecular formula is C19H27N5O. The second kappa shape index (κ2) is 9.20. The molecule has 0 bridgehead atoms. The van der Waals surface area contributed by atoms with Crippen LogP contribution in [0.5, 0.6) is 5.75 Å². The number of ether oxygens (including phenoxy) is 1. The largest absolute Gasteiger partial charge is 0.497 e. The lowest BCUT2D eigenvalue weighted by atomic mass is 10.1. The van der Waals surface area contributed by atoms with E-state index >= 15 is 0 Å². The molecule has 0 atom stereocenters. The van der Waals surface area contributed by atoms with Gasteiger partial charge in [0.2, 0.25) is 5.95 Å². The van der Waals surface area contributed by atoms with E-state index < -0.39 is 0 Å². The number of aromatic nitrogens is 3. The zero-order valence-electron chi connectivity index (χ0n) is 14.9. The van der Waals surface area contributed by atoms with Crippen molar-refractivity contribution in [2.45, 2.75) is 51.0 Å². The summed E-state index contributed by atoms with van der Waals surface area (Å²) < 4.78 is 5.25. The molecule has 0 spiro atoms. The van der Waals surface area contributed by atoms with Crippen molar-refractivity contribution in [1.29, 1.82) is 0 Å². The monoisotopic (exact) mass is 341 g/mol. The minimum atomic E-state index is 0.504. The molecule has 0 unspecified atom stereocenters. The van der Waals surface area contributed by atoms with Crippen molar-refractivity contribution < 1.29 is 4.74 Å². The van der Waals surface area contributed by atoms with Crippen LogP contribution in [0.15, 0.2) is 30.5 Å². The van der Waals surface area contributed by atoms with E-state index in [1.54, 1.807) is 13.3 Å². The van der Waals surface area contributed by atoms with E-state index in [-0.39, 0.29) is 0 Å². The van der Waals surface area contributed by atoms with E-state index in [0.717, 1.165) is 24.5 Å². The van der Waals surface area contributed by atoms with Crippen LogP contribution < -0.4 is 15.4 Å². The minimum absolute atomic E-state index is 0.504. The number of nitrogens with zero attached hydrogens (tertiary/aromatic N) is 3. The molecule has 1 saturated carbocycles. The van der Waals surface area contributed by atoms with E-state index in [4.69, 9.17) is 4.74 Å². The molecular weight excluding hydrogens is 314 g/mol. The van der Waals surface area contributed by atoms with Crippen LogP contribution in [-0.4, -0.2) is 34.9 Å². The summed E-state index contributed by atoms with van der Waals surface area (Å²) in [4.78, 5) is 4.54. The highest BCUT2D eigenvalue weighted by Crippen LogP contribution is 2.20. The van der Waals surface area contributed by atoms with Crippen molar-refractivity contribution in [3.8, 4) is 5.75 Å². The Morgan fingerprint density at radius 2 is 2.00 bits per heavy atom. The molecule has 2 N–H and O–H groups in total. The summed E-state index contributed by atoms with van der Waals surface area (Å²) >= 11 is 0. The molecule has 1 aromatic heterocycles. The quantitative estimate of drug-likeness (QED) is 0.749. The Bertz CT molecular complexity index is 656. The summed E-state index contributed by atoms with van der Waals surface area (Å²) in [6.45, 7) is 0.752. The smallest absolute Gasteiger partial charge is 0.244 e. The summed E-state index contributed by atoms with van der Waals surface area (Å²) in [5.41, 5.74) is 1.22. The maximum atomic E-state index is 5.25. The Balaban J connectivity index is 1.50. The molecule has 0 saturated heterocycles. The van der Waals surface area contributed by atoms with Gasteiger partial charge in [0, 0.05) is 12.6 Å². The van der Waals surface area contributed by atoms with E-state index in [9.17, 15) is 0 Å². The third-order valence-corrected chi connectivity index (χ3v) is 4.60. The van der Waals surface area contributed by atoms with Crippen molar-refractivity contribution in [3.63, 3.8) is 0 Å². The van der Waals surface area contributed by atoms with Crippen LogP contribution in [0.1, 0.15) is 44.1 Å². The molecule has 1 aromatic carbocycles. The van der Waals surface area contributed by atoms with Crippen LogP contribution in [-0.2, 0) is 6.42 Å². The normalized spacial score (nSPS) is 15.4. The van der Waals surface area contributed by atoms with Gasteiger partial charge in [-0.15, -0.1) is 5.10 Å². The third kappa shape index (κ3) is 5.59. The summed E-state index contributed by atoms with van der Waals surface area (Å²) in [7, 11) is 1.68. The number of hydrogen-bond donors (Lipinski definition) is 2. The molecule has 6 heteroatoms. The van der Waals surface area contributed by atoms with Gasteiger partial charge >= 0.3 is 0 Å². The molecule has 6 nitrogen and oxygen atoms in total. The average Bonchev–Trinajstić information content (AvgIpc) is 2.91. The van der Waals surface area contributed by atoms with E-state index in [0.29, 0.717) is 12.0 Å². The SMILES string of the molecule is COc1cccc(CCNc2nncc(NC3CCCCCC3)n2)c1. The molecule has 134 valence electrons. The first-order valence-electron chi connectivity index (χ1n) is 9.16.